The molecule has 20 heavy (non-hydrogen) atoms. The predicted molar refractivity (Wildman–Crippen MR) is 92.3 cm³/mol. The molecule has 0 unspecified atom stereocenters. The first-order valence-corrected chi connectivity index (χ1v) is 9.24. The maximum absolute atomic E-state index is 4.59. The molecule has 0 radical (unpaired) electrons. The zero-order chi connectivity index (χ0) is 14.5. The van der Waals surface area contributed by atoms with Crippen molar-refractivity contribution in [3.8, 4) is 0 Å². The zero-order valence-corrected chi connectivity index (χ0v) is 14.8. The monoisotopic (exact) mass is 355 g/mol. The minimum absolute atomic E-state index is 0.538. The van der Waals surface area contributed by atoms with E-state index in [1.165, 1.54) is 10.3 Å². The summed E-state index contributed by atoms with van der Waals surface area (Å²) in [6.45, 7) is 7.67. The van der Waals surface area contributed by atoms with Gasteiger partial charge >= 0.3 is 0 Å². The van der Waals surface area contributed by atoms with Gasteiger partial charge in [0, 0.05) is 22.8 Å². The topological polar surface area (TPSA) is 29.0 Å². The number of anilines is 1. The van der Waals surface area contributed by atoms with Crippen molar-refractivity contribution in [1.29, 1.82) is 0 Å². The summed E-state index contributed by atoms with van der Waals surface area (Å²) in [4.78, 5) is 13.9. The highest BCUT2D eigenvalue weighted by atomic mass is 79.9. The number of fused-ring (bicyclic) bond motifs is 1. The first kappa shape index (κ1) is 15.7. The zero-order valence-electron chi connectivity index (χ0n) is 12.4. The van der Waals surface area contributed by atoms with Gasteiger partial charge in [-0.3, -0.25) is 0 Å². The number of hydrogen-bond acceptors (Lipinski definition) is 4. The number of halogens is 1. The maximum atomic E-state index is 4.59. The van der Waals surface area contributed by atoms with Crippen LogP contribution in [0.5, 0.6) is 0 Å². The van der Waals surface area contributed by atoms with E-state index in [1.54, 1.807) is 17.7 Å². The van der Waals surface area contributed by atoms with Crippen LogP contribution in [0.25, 0.3) is 10.2 Å². The quantitative estimate of drug-likeness (QED) is 0.677. The second-order valence-electron chi connectivity index (χ2n) is 4.84. The summed E-state index contributed by atoms with van der Waals surface area (Å²) in [6.07, 6.45) is 5.04. The maximum Gasteiger partial charge on any atom is 0.141 e. The van der Waals surface area contributed by atoms with E-state index >= 15 is 0 Å². The summed E-state index contributed by atoms with van der Waals surface area (Å²) < 4.78 is 0. The van der Waals surface area contributed by atoms with Gasteiger partial charge in [-0.1, -0.05) is 36.7 Å². The van der Waals surface area contributed by atoms with E-state index in [2.05, 4.69) is 57.6 Å². The van der Waals surface area contributed by atoms with Crippen LogP contribution in [0.1, 0.15) is 38.5 Å². The van der Waals surface area contributed by atoms with E-state index in [-0.39, 0.29) is 0 Å². The summed E-state index contributed by atoms with van der Waals surface area (Å²) in [7, 11) is 0. The third-order valence-corrected chi connectivity index (χ3v) is 5.23. The van der Waals surface area contributed by atoms with Gasteiger partial charge in [0.05, 0.1) is 5.39 Å². The van der Waals surface area contributed by atoms with Crippen molar-refractivity contribution in [1.82, 2.24) is 9.97 Å². The second kappa shape index (κ2) is 7.36. The van der Waals surface area contributed by atoms with Crippen molar-refractivity contribution in [3.63, 3.8) is 0 Å². The summed E-state index contributed by atoms with van der Waals surface area (Å²) in [5.41, 5.74) is 0. The Kier molecular flexibility index (Phi) is 5.78. The molecule has 2 rings (SSSR count). The Morgan fingerprint density at radius 3 is 2.60 bits per heavy atom. The molecular weight excluding hydrogens is 334 g/mol. The molecule has 0 bridgehead atoms. The molecule has 2 heterocycles. The van der Waals surface area contributed by atoms with Crippen LogP contribution in [0.3, 0.4) is 0 Å². The normalized spacial score (nSPS) is 11.4. The fourth-order valence-corrected chi connectivity index (χ4v) is 3.89. The number of aromatic nitrogens is 2. The first-order valence-electron chi connectivity index (χ1n) is 7.31. The molecule has 3 nitrogen and oxygen atoms in total. The Hall–Kier alpha value is -0.680. The molecule has 110 valence electrons. The smallest absolute Gasteiger partial charge is 0.141 e. The molecule has 2 aromatic rings. The van der Waals surface area contributed by atoms with Gasteiger partial charge in [-0.2, -0.15) is 0 Å². The highest BCUT2D eigenvalue weighted by Crippen LogP contribution is 2.32. The molecule has 0 aliphatic heterocycles. The van der Waals surface area contributed by atoms with Gasteiger partial charge in [-0.05, 0) is 25.3 Å². The molecule has 0 spiro atoms. The molecule has 5 heteroatoms. The van der Waals surface area contributed by atoms with E-state index in [4.69, 9.17) is 0 Å². The Morgan fingerprint density at radius 2 is 2.00 bits per heavy atom. The van der Waals surface area contributed by atoms with Crippen molar-refractivity contribution in [2.75, 3.05) is 16.8 Å². The fraction of sp³-hybridized carbons (Fsp3) is 0.600. The predicted octanol–water partition coefficient (Wildman–Crippen LogP) is 4.64. The Labute approximate surface area is 133 Å². The van der Waals surface area contributed by atoms with Crippen molar-refractivity contribution in [3.05, 3.63) is 17.3 Å². The van der Waals surface area contributed by atoms with Crippen LogP contribution >= 0.6 is 27.3 Å². The van der Waals surface area contributed by atoms with E-state index in [0.29, 0.717) is 6.04 Å². The van der Waals surface area contributed by atoms with Crippen LogP contribution in [-0.4, -0.2) is 27.9 Å². The van der Waals surface area contributed by atoms with E-state index < -0.39 is 0 Å². The van der Waals surface area contributed by atoms with Gasteiger partial charge in [0.2, 0.25) is 0 Å². The summed E-state index contributed by atoms with van der Waals surface area (Å²) in [5, 5.41) is 2.17. The van der Waals surface area contributed by atoms with Crippen LogP contribution in [0.4, 0.5) is 5.82 Å². The first-order chi connectivity index (χ1) is 9.74. The number of alkyl halides is 1. The molecule has 0 aliphatic carbocycles. The molecule has 2 aromatic heterocycles. The molecule has 0 saturated heterocycles. The minimum Gasteiger partial charge on any atom is -0.352 e. The number of nitrogens with zero attached hydrogens (tertiary/aromatic N) is 3. The Morgan fingerprint density at radius 1 is 1.25 bits per heavy atom. The average Bonchev–Trinajstić information content (AvgIpc) is 2.90. The lowest BCUT2D eigenvalue weighted by Crippen LogP contribution is -2.36. The highest BCUT2D eigenvalue weighted by molar-refractivity contribution is 9.09. The number of hydrogen-bond donors (Lipinski definition) is 0. The Balaban J connectivity index is 2.49. The largest absolute Gasteiger partial charge is 0.352 e. The summed E-state index contributed by atoms with van der Waals surface area (Å²) in [6, 6.07) is 2.80. The van der Waals surface area contributed by atoms with Crippen molar-refractivity contribution >= 4 is 43.3 Å². The van der Waals surface area contributed by atoms with Crippen LogP contribution in [0.15, 0.2) is 12.4 Å². The van der Waals surface area contributed by atoms with Crippen molar-refractivity contribution in [2.45, 2.75) is 46.1 Å². The molecule has 0 atom stereocenters. The third kappa shape index (κ3) is 3.14. The Bertz CT molecular complexity index is 551. The molecule has 0 aromatic carbocycles. The standard InChI is InChI=1S/C15H22BrN3S/c1-4-11(5-2)19(8-7-16)14-13-9-12(6-3)20-15(13)18-10-17-14/h9-11H,4-8H2,1-3H3. The second-order valence-corrected chi connectivity index (χ2v) is 6.74. The average molecular weight is 356 g/mol. The number of aryl methyl sites for hydroxylation is 1. The molecule has 0 saturated carbocycles. The summed E-state index contributed by atoms with van der Waals surface area (Å²) >= 11 is 5.36. The summed E-state index contributed by atoms with van der Waals surface area (Å²) in [5.74, 6) is 1.10. The van der Waals surface area contributed by atoms with Crippen molar-refractivity contribution in [2.24, 2.45) is 0 Å². The van der Waals surface area contributed by atoms with Gasteiger partial charge in [0.15, 0.2) is 0 Å². The van der Waals surface area contributed by atoms with Gasteiger partial charge < -0.3 is 4.90 Å². The lowest BCUT2D eigenvalue weighted by atomic mass is 10.1. The van der Waals surface area contributed by atoms with E-state index in [1.807, 2.05) is 0 Å². The lowest BCUT2D eigenvalue weighted by Gasteiger charge is -2.31. The number of rotatable bonds is 7. The SMILES string of the molecule is CCc1cc2c(N(CCBr)C(CC)CC)ncnc2s1. The third-order valence-electron chi connectivity index (χ3n) is 3.69. The molecule has 0 fully saturated rings. The van der Waals surface area contributed by atoms with E-state index in [0.717, 1.165) is 41.8 Å². The van der Waals surface area contributed by atoms with Crippen LogP contribution in [0, 0.1) is 0 Å². The van der Waals surface area contributed by atoms with Gasteiger partial charge in [-0.25, -0.2) is 9.97 Å². The van der Waals surface area contributed by atoms with Gasteiger partial charge in [-0.15, -0.1) is 11.3 Å². The molecular formula is C15H22BrN3S. The van der Waals surface area contributed by atoms with Gasteiger partial charge in [0.25, 0.3) is 0 Å². The van der Waals surface area contributed by atoms with Crippen LogP contribution < -0.4 is 4.90 Å². The van der Waals surface area contributed by atoms with Crippen LogP contribution in [0.2, 0.25) is 0 Å². The van der Waals surface area contributed by atoms with E-state index in [9.17, 15) is 0 Å². The number of thiophene rings is 1. The minimum atomic E-state index is 0.538. The van der Waals surface area contributed by atoms with Crippen molar-refractivity contribution < 1.29 is 0 Å². The lowest BCUT2D eigenvalue weighted by molar-refractivity contribution is 0.565. The fourth-order valence-electron chi connectivity index (χ4n) is 2.58. The molecule has 0 aliphatic rings. The van der Waals surface area contributed by atoms with Gasteiger partial charge in [0.1, 0.15) is 17.0 Å². The molecule has 0 amide bonds. The highest BCUT2D eigenvalue weighted by Gasteiger charge is 2.20. The van der Waals surface area contributed by atoms with Crippen LogP contribution in [-0.2, 0) is 6.42 Å². The molecule has 0 N–H and O–H groups in total.